The van der Waals surface area contributed by atoms with Gasteiger partial charge in [-0.05, 0) is 11.1 Å². The minimum atomic E-state index is -0.785. The predicted octanol–water partition coefficient (Wildman–Crippen LogP) is -0.601. The van der Waals surface area contributed by atoms with Crippen LogP contribution in [0.5, 0.6) is 0 Å². The maximum absolute atomic E-state index is 12.3. The van der Waals surface area contributed by atoms with E-state index in [1.807, 2.05) is 24.3 Å². The van der Waals surface area contributed by atoms with Crippen LogP contribution in [0.25, 0.3) is 0 Å². The Bertz CT molecular complexity index is 518. The summed E-state index contributed by atoms with van der Waals surface area (Å²) in [6.07, 6.45) is 0.428. The number of fused-ring (bicyclic) bond motifs is 1. The molecule has 1 aliphatic heterocycles. The quantitative estimate of drug-likeness (QED) is 0.767. The molecule has 6 heteroatoms. The Kier molecular flexibility index (Phi) is 4.36. The first-order chi connectivity index (χ1) is 9.54. The molecule has 4 N–H and O–H groups in total. The van der Waals surface area contributed by atoms with E-state index >= 15 is 0 Å². The van der Waals surface area contributed by atoms with Crippen LogP contribution in [0.3, 0.4) is 0 Å². The molecule has 0 saturated carbocycles. The average Bonchev–Trinajstić information content (AvgIpc) is 2.45. The number of amides is 2. The number of hydrogen-bond donors (Lipinski definition) is 2. The number of carbonyl (C=O) groups is 2. The van der Waals surface area contributed by atoms with Gasteiger partial charge >= 0.3 is 0 Å². The van der Waals surface area contributed by atoms with Gasteiger partial charge in [-0.1, -0.05) is 24.3 Å². The Morgan fingerprint density at radius 3 is 2.65 bits per heavy atom. The van der Waals surface area contributed by atoms with E-state index in [0.717, 1.165) is 11.1 Å². The van der Waals surface area contributed by atoms with Crippen LogP contribution in [-0.2, 0) is 27.3 Å². The highest BCUT2D eigenvalue weighted by atomic mass is 16.5. The molecular formula is C14H19N3O3. The summed E-state index contributed by atoms with van der Waals surface area (Å²) in [5, 5.41) is 0. The number of primary amides is 1. The number of rotatable bonds is 4. The van der Waals surface area contributed by atoms with Crippen molar-refractivity contribution in [3.63, 3.8) is 0 Å². The summed E-state index contributed by atoms with van der Waals surface area (Å²) in [5.41, 5.74) is 13.3. The van der Waals surface area contributed by atoms with Gasteiger partial charge < -0.3 is 21.1 Å². The topological polar surface area (TPSA) is 98.7 Å². The summed E-state index contributed by atoms with van der Waals surface area (Å²) in [5.74, 6) is -0.831. The maximum atomic E-state index is 12.3. The molecule has 108 valence electrons. The molecule has 1 aromatic rings. The van der Waals surface area contributed by atoms with Crippen molar-refractivity contribution in [1.82, 2.24) is 4.90 Å². The second kappa shape index (κ2) is 6.02. The molecule has 1 aliphatic rings. The van der Waals surface area contributed by atoms with Gasteiger partial charge in [-0.2, -0.15) is 0 Å². The van der Waals surface area contributed by atoms with E-state index in [1.165, 1.54) is 12.0 Å². The molecule has 2 unspecified atom stereocenters. The van der Waals surface area contributed by atoms with Crippen LogP contribution in [0, 0.1) is 0 Å². The van der Waals surface area contributed by atoms with E-state index in [0.29, 0.717) is 13.0 Å². The minimum Gasteiger partial charge on any atom is -0.383 e. The molecule has 1 heterocycles. The molecule has 0 aromatic heterocycles. The standard InChI is InChI=1S/C14H19N3O3/c1-20-8-11(15)14(19)17-7-10-5-3-2-4-9(10)6-12(17)13(16)18/h2-5,11-12H,6-8,15H2,1H3,(H2,16,18). The average molecular weight is 277 g/mol. The van der Waals surface area contributed by atoms with E-state index in [1.54, 1.807) is 0 Å². The summed E-state index contributed by atoms with van der Waals surface area (Å²) in [6.45, 7) is 0.461. The van der Waals surface area contributed by atoms with Crippen molar-refractivity contribution < 1.29 is 14.3 Å². The highest BCUT2D eigenvalue weighted by molar-refractivity contribution is 5.89. The molecule has 0 bridgehead atoms. The van der Waals surface area contributed by atoms with Crippen LogP contribution in [0.1, 0.15) is 11.1 Å². The SMILES string of the molecule is COCC(N)C(=O)N1Cc2ccccc2CC1C(N)=O. The van der Waals surface area contributed by atoms with Gasteiger partial charge in [0.05, 0.1) is 6.61 Å². The van der Waals surface area contributed by atoms with Gasteiger partial charge in [-0.25, -0.2) is 0 Å². The van der Waals surface area contributed by atoms with E-state index in [2.05, 4.69) is 0 Å². The van der Waals surface area contributed by atoms with Crippen LogP contribution in [0.2, 0.25) is 0 Å². The molecule has 20 heavy (non-hydrogen) atoms. The number of nitrogens with two attached hydrogens (primary N) is 2. The maximum Gasteiger partial charge on any atom is 0.242 e. The van der Waals surface area contributed by atoms with Crippen LogP contribution in [0.4, 0.5) is 0 Å². The monoisotopic (exact) mass is 277 g/mol. The van der Waals surface area contributed by atoms with Gasteiger partial charge in [0.1, 0.15) is 12.1 Å². The Hall–Kier alpha value is -1.92. The number of nitrogens with zero attached hydrogens (tertiary/aromatic N) is 1. The summed E-state index contributed by atoms with van der Waals surface area (Å²) < 4.78 is 4.89. The van der Waals surface area contributed by atoms with E-state index < -0.39 is 18.0 Å². The highest BCUT2D eigenvalue weighted by Gasteiger charge is 2.35. The van der Waals surface area contributed by atoms with Crippen LogP contribution in [0.15, 0.2) is 24.3 Å². The number of carbonyl (C=O) groups excluding carboxylic acids is 2. The van der Waals surface area contributed by atoms with Crippen LogP contribution >= 0.6 is 0 Å². The second-order valence-corrected chi connectivity index (χ2v) is 4.92. The summed E-state index contributed by atoms with van der Waals surface area (Å²) >= 11 is 0. The molecular weight excluding hydrogens is 258 g/mol. The number of hydrogen-bond acceptors (Lipinski definition) is 4. The Morgan fingerprint density at radius 2 is 2.05 bits per heavy atom. The first-order valence-corrected chi connectivity index (χ1v) is 6.45. The molecule has 2 rings (SSSR count). The highest BCUT2D eigenvalue weighted by Crippen LogP contribution is 2.23. The van der Waals surface area contributed by atoms with E-state index in [4.69, 9.17) is 16.2 Å². The molecule has 0 aliphatic carbocycles. The molecule has 0 saturated heterocycles. The van der Waals surface area contributed by atoms with Crippen LogP contribution < -0.4 is 11.5 Å². The summed E-state index contributed by atoms with van der Waals surface area (Å²) in [7, 11) is 1.48. The van der Waals surface area contributed by atoms with Gasteiger partial charge in [-0.3, -0.25) is 9.59 Å². The third-order valence-corrected chi connectivity index (χ3v) is 3.52. The molecule has 0 radical (unpaired) electrons. The smallest absolute Gasteiger partial charge is 0.242 e. The van der Waals surface area contributed by atoms with Gasteiger partial charge in [0.25, 0.3) is 0 Å². The molecule has 6 nitrogen and oxygen atoms in total. The lowest BCUT2D eigenvalue weighted by molar-refractivity contribution is -0.142. The van der Waals surface area contributed by atoms with Crippen molar-refractivity contribution in [1.29, 1.82) is 0 Å². The molecule has 0 fully saturated rings. The zero-order valence-corrected chi connectivity index (χ0v) is 11.4. The zero-order chi connectivity index (χ0) is 14.7. The second-order valence-electron chi connectivity index (χ2n) is 4.92. The lowest BCUT2D eigenvalue weighted by Crippen LogP contribution is -2.56. The fraction of sp³-hybridized carbons (Fsp3) is 0.429. The fourth-order valence-electron chi connectivity index (χ4n) is 2.47. The number of benzene rings is 1. The fourth-order valence-corrected chi connectivity index (χ4v) is 2.47. The molecule has 2 atom stereocenters. The lowest BCUT2D eigenvalue weighted by atomic mass is 9.93. The Balaban J connectivity index is 2.26. The van der Waals surface area contributed by atoms with Crippen molar-refractivity contribution in [2.75, 3.05) is 13.7 Å². The first kappa shape index (κ1) is 14.5. The van der Waals surface area contributed by atoms with E-state index in [9.17, 15) is 9.59 Å². The predicted molar refractivity (Wildman–Crippen MR) is 73.5 cm³/mol. The third-order valence-electron chi connectivity index (χ3n) is 3.52. The summed E-state index contributed by atoms with van der Waals surface area (Å²) in [6, 6.07) is 6.26. The van der Waals surface area contributed by atoms with Crippen molar-refractivity contribution in [2.24, 2.45) is 11.5 Å². The van der Waals surface area contributed by atoms with Gasteiger partial charge in [0, 0.05) is 20.1 Å². The number of ether oxygens (including phenoxy) is 1. The Morgan fingerprint density at radius 1 is 1.40 bits per heavy atom. The van der Waals surface area contributed by atoms with Crippen molar-refractivity contribution >= 4 is 11.8 Å². The van der Waals surface area contributed by atoms with Crippen molar-refractivity contribution in [2.45, 2.75) is 25.0 Å². The third kappa shape index (κ3) is 2.81. The molecule has 1 aromatic carbocycles. The Labute approximate surface area is 117 Å². The lowest BCUT2D eigenvalue weighted by Gasteiger charge is -2.36. The van der Waals surface area contributed by atoms with Crippen molar-refractivity contribution in [3.05, 3.63) is 35.4 Å². The number of methoxy groups -OCH3 is 1. The first-order valence-electron chi connectivity index (χ1n) is 6.45. The largest absolute Gasteiger partial charge is 0.383 e. The summed E-state index contributed by atoms with van der Waals surface area (Å²) in [4.78, 5) is 25.4. The minimum absolute atomic E-state index is 0.114. The normalized spacial score (nSPS) is 19.3. The van der Waals surface area contributed by atoms with Crippen LogP contribution in [-0.4, -0.2) is 42.5 Å². The van der Waals surface area contributed by atoms with Gasteiger partial charge in [-0.15, -0.1) is 0 Å². The van der Waals surface area contributed by atoms with Gasteiger partial charge in [0.15, 0.2) is 0 Å². The zero-order valence-electron chi connectivity index (χ0n) is 11.4. The molecule has 2 amide bonds. The van der Waals surface area contributed by atoms with Gasteiger partial charge in [0.2, 0.25) is 11.8 Å². The molecule has 0 spiro atoms. The van der Waals surface area contributed by atoms with E-state index in [-0.39, 0.29) is 12.5 Å². The van der Waals surface area contributed by atoms with Crippen molar-refractivity contribution in [3.8, 4) is 0 Å².